The van der Waals surface area contributed by atoms with Gasteiger partial charge < -0.3 is 24.3 Å². The van der Waals surface area contributed by atoms with E-state index in [1.165, 1.54) is 14.2 Å². The quantitative estimate of drug-likeness (QED) is 0.801. The van der Waals surface area contributed by atoms with Gasteiger partial charge in [-0.15, -0.1) is 0 Å². The second kappa shape index (κ2) is 8.42. The summed E-state index contributed by atoms with van der Waals surface area (Å²) >= 11 is 0. The van der Waals surface area contributed by atoms with Crippen LogP contribution in [0.1, 0.15) is 26.3 Å². The number of ether oxygens (including phenoxy) is 4. The molecule has 0 aliphatic carbocycles. The summed E-state index contributed by atoms with van der Waals surface area (Å²) in [6.07, 6.45) is -0.454. The average Bonchev–Trinajstić information content (AvgIpc) is 2.51. The molecule has 1 unspecified atom stereocenters. The highest BCUT2D eigenvalue weighted by molar-refractivity contribution is 5.81. The first-order valence-electron chi connectivity index (χ1n) is 7.48. The van der Waals surface area contributed by atoms with Crippen molar-refractivity contribution in [2.24, 2.45) is 0 Å². The van der Waals surface area contributed by atoms with Gasteiger partial charge in [0.1, 0.15) is 11.6 Å². The van der Waals surface area contributed by atoms with Crippen LogP contribution in [0.5, 0.6) is 11.5 Å². The Kier molecular flexibility index (Phi) is 6.88. The second-order valence-corrected chi connectivity index (χ2v) is 6.12. The van der Waals surface area contributed by atoms with E-state index in [-0.39, 0.29) is 6.42 Å². The molecule has 0 fully saturated rings. The molecule has 134 valence electrons. The molecule has 0 aliphatic rings. The predicted octanol–water partition coefficient (Wildman–Crippen LogP) is 2.31. The summed E-state index contributed by atoms with van der Waals surface area (Å²) in [7, 11) is 4.33. The van der Waals surface area contributed by atoms with Crippen LogP contribution >= 0.6 is 0 Å². The molecule has 0 aromatic heterocycles. The molecule has 0 saturated heterocycles. The Morgan fingerprint density at radius 2 is 1.71 bits per heavy atom. The summed E-state index contributed by atoms with van der Waals surface area (Å²) < 4.78 is 20.3. The van der Waals surface area contributed by atoms with Gasteiger partial charge in [0, 0.05) is 6.42 Å². The molecule has 1 rings (SSSR count). The van der Waals surface area contributed by atoms with Crippen molar-refractivity contribution in [3.05, 3.63) is 23.8 Å². The van der Waals surface area contributed by atoms with E-state index in [2.05, 4.69) is 5.32 Å². The highest BCUT2D eigenvalue weighted by Crippen LogP contribution is 2.28. The summed E-state index contributed by atoms with van der Waals surface area (Å²) in [5, 5.41) is 2.53. The number of rotatable bonds is 6. The van der Waals surface area contributed by atoms with Gasteiger partial charge in [-0.1, -0.05) is 6.07 Å². The van der Waals surface area contributed by atoms with Gasteiger partial charge >= 0.3 is 12.1 Å². The van der Waals surface area contributed by atoms with Gasteiger partial charge in [0.05, 0.1) is 21.3 Å². The summed E-state index contributed by atoms with van der Waals surface area (Å²) in [6.45, 7) is 5.23. The molecule has 1 aromatic rings. The minimum atomic E-state index is -0.872. The largest absolute Gasteiger partial charge is 0.493 e. The van der Waals surface area contributed by atoms with Gasteiger partial charge in [0.15, 0.2) is 11.5 Å². The Balaban J connectivity index is 2.90. The van der Waals surface area contributed by atoms with Crippen molar-refractivity contribution in [3.63, 3.8) is 0 Å². The van der Waals surface area contributed by atoms with E-state index in [1.807, 2.05) is 0 Å². The van der Waals surface area contributed by atoms with Gasteiger partial charge in [-0.25, -0.2) is 9.59 Å². The summed E-state index contributed by atoms with van der Waals surface area (Å²) in [5.74, 6) is 0.558. The van der Waals surface area contributed by atoms with Crippen molar-refractivity contribution >= 4 is 12.1 Å². The maximum atomic E-state index is 11.9. The predicted molar refractivity (Wildman–Crippen MR) is 88.4 cm³/mol. The zero-order valence-corrected chi connectivity index (χ0v) is 15.0. The molecule has 0 spiro atoms. The van der Waals surface area contributed by atoms with E-state index in [4.69, 9.17) is 18.9 Å². The molecule has 0 heterocycles. The third-order valence-corrected chi connectivity index (χ3v) is 3.06. The lowest BCUT2D eigenvalue weighted by Crippen LogP contribution is -2.45. The number of benzene rings is 1. The number of nitrogens with one attached hydrogen (secondary N) is 1. The smallest absolute Gasteiger partial charge is 0.408 e. The van der Waals surface area contributed by atoms with E-state index in [9.17, 15) is 9.59 Å². The van der Waals surface area contributed by atoms with E-state index in [0.29, 0.717) is 11.5 Å². The molecule has 0 saturated carbocycles. The van der Waals surface area contributed by atoms with Crippen LogP contribution in [0, 0.1) is 0 Å². The van der Waals surface area contributed by atoms with Crippen LogP contribution in [-0.4, -0.2) is 45.0 Å². The van der Waals surface area contributed by atoms with Crippen LogP contribution in [-0.2, 0) is 20.7 Å². The Bertz CT molecular complexity index is 579. The zero-order valence-electron chi connectivity index (χ0n) is 15.0. The maximum absolute atomic E-state index is 11.9. The van der Waals surface area contributed by atoms with E-state index in [0.717, 1.165) is 5.56 Å². The first-order chi connectivity index (χ1) is 11.2. The molecule has 1 aromatic carbocycles. The fourth-order valence-corrected chi connectivity index (χ4v) is 2.03. The number of hydrogen-bond acceptors (Lipinski definition) is 6. The normalized spacial score (nSPS) is 12.1. The topological polar surface area (TPSA) is 83.1 Å². The third-order valence-electron chi connectivity index (χ3n) is 3.06. The number of esters is 1. The fraction of sp³-hybridized carbons (Fsp3) is 0.529. The van der Waals surface area contributed by atoms with Gasteiger partial charge in [0.2, 0.25) is 0 Å². The monoisotopic (exact) mass is 339 g/mol. The molecule has 1 atom stereocenters. The standard InChI is InChI=1S/C17H25NO6/c1-17(2,3)24-16(20)18-12(15(19)23-6)9-11-7-8-13(21-4)14(10-11)22-5/h7-8,10,12H,9H2,1-6H3,(H,18,20). The van der Waals surface area contributed by atoms with Crippen molar-refractivity contribution in [1.29, 1.82) is 0 Å². The summed E-state index contributed by atoms with van der Waals surface area (Å²) in [5.41, 5.74) is 0.118. The highest BCUT2D eigenvalue weighted by Gasteiger charge is 2.25. The maximum Gasteiger partial charge on any atom is 0.408 e. The van der Waals surface area contributed by atoms with Crippen molar-refractivity contribution in [2.75, 3.05) is 21.3 Å². The number of methoxy groups -OCH3 is 3. The van der Waals surface area contributed by atoms with Crippen LogP contribution in [0.2, 0.25) is 0 Å². The molecule has 1 amide bonds. The molecule has 0 radical (unpaired) electrons. The molecule has 24 heavy (non-hydrogen) atoms. The molecular formula is C17H25NO6. The van der Waals surface area contributed by atoms with Crippen LogP contribution in [0.3, 0.4) is 0 Å². The minimum absolute atomic E-state index is 0.228. The lowest BCUT2D eigenvalue weighted by Gasteiger charge is -2.22. The van der Waals surface area contributed by atoms with Gasteiger partial charge in [0.25, 0.3) is 0 Å². The summed E-state index contributed by atoms with van der Waals surface area (Å²) in [4.78, 5) is 23.9. The Labute approximate surface area is 142 Å². The fourth-order valence-electron chi connectivity index (χ4n) is 2.03. The number of hydrogen-bond donors (Lipinski definition) is 1. The van der Waals surface area contributed by atoms with Crippen LogP contribution in [0.25, 0.3) is 0 Å². The Morgan fingerprint density at radius 1 is 1.08 bits per heavy atom. The molecule has 1 N–H and O–H groups in total. The van der Waals surface area contributed by atoms with E-state index in [1.54, 1.807) is 46.1 Å². The van der Waals surface area contributed by atoms with Crippen LogP contribution in [0.15, 0.2) is 18.2 Å². The zero-order chi connectivity index (χ0) is 18.3. The second-order valence-electron chi connectivity index (χ2n) is 6.12. The van der Waals surface area contributed by atoms with Crippen molar-refractivity contribution < 1.29 is 28.5 Å². The highest BCUT2D eigenvalue weighted by atomic mass is 16.6. The van der Waals surface area contributed by atoms with Crippen molar-refractivity contribution in [1.82, 2.24) is 5.32 Å². The lowest BCUT2D eigenvalue weighted by molar-refractivity contribution is -0.143. The number of carbonyl (C=O) groups excluding carboxylic acids is 2. The summed E-state index contributed by atoms with van der Waals surface area (Å²) in [6, 6.07) is 4.39. The number of alkyl carbamates (subject to hydrolysis) is 1. The molecular weight excluding hydrogens is 314 g/mol. The van der Waals surface area contributed by atoms with Crippen LogP contribution in [0.4, 0.5) is 4.79 Å². The van der Waals surface area contributed by atoms with Gasteiger partial charge in [-0.3, -0.25) is 0 Å². The van der Waals surface area contributed by atoms with E-state index >= 15 is 0 Å². The minimum Gasteiger partial charge on any atom is -0.493 e. The van der Waals surface area contributed by atoms with Gasteiger partial charge in [-0.2, -0.15) is 0 Å². The molecule has 0 bridgehead atoms. The first kappa shape index (κ1) is 19.6. The average molecular weight is 339 g/mol. The van der Waals surface area contributed by atoms with Gasteiger partial charge in [-0.05, 0) is 38.5 Å². The van der Waals surface area contributed by atoms with E-state index < -0.39 is 23.7 Å². The molecule has 0 aliphatic heterocycles. The lowest BCUT2D eigenvalue weighted by atomic mass is 10.1. The molecule has 7 nitrogen and oxygen atoms in total. The first-order valence-corrected chi connectivity index (χ1v) is 7.48. The number of carbonyl (C=O) groups is 2. The Morgan fingerprint density at radius 3 is 2.21 bits per heavy atom. The third kappa shape index (κ3) is 5.98. The van der Waals surface area contributed by atoms with Crippen molar-refractivity contribution in [3.8, 4) is 11.5 Å². The van der Waals surface area contributed by atoms with Crippen LogP contribution < -0.4 is 14.8 Å². The Hall–Kier alpha value is -2.44. The SMILES string of the molecule is COC(=O)C(Cc1ccc(OC)c(OC)c1)NC(=O)OC(C)(C)C. The number of amides is 1. The van der Waals surface area contributed by atoms with Crippen molar-refractivity contribution in [2.45, 2.75) is 38.8 Å². The molecule has 7 heteroatoms.